The topological polar surface area (TPSA) is 83.6 Å². The molecule has 1 fully saturated rings. The Morgan fingerprint density at radius 3 is 2.67 bits per heavy atom. The van der Waals surface area contributed by atoms with Crippen LogP contribution in [0, 0.1) is 6.92 Å². The van der Waals surface area contributed by atoms with Gasteiger partial charge in [0.05, 0.1) is 17.5 Å². The van der Waals surface area contributed by atoms with Crippen LogP contribution < -0.4 is 5.32 Å². The van der Waals surface area contributed by atoms with Crippen LogP contribution in [0.5, 0.6) is 0 Å². The van der Waals surface area contributed by atoms with E-state index in [4.69, 9.17) is 0 Å². The van der Waals surface area contributed by atoms with Gasteiger partial charge in [-0.1, -0.05) is 24.3 Å². The monoisotopic (exact) mass is 352 g/mol. The molecular formula is C17H24N2O4S. The van der Waals surface area contributed by atoms with Gasteiger partial charge >= 0.3 is 0 Å². The van der Waals surface area contributed by atoms with Crippen LogP contribution in [0.25, 0.3) is 0 Å². The molecule has 7 heteroatoms. The number of aryl methyl sites for hydroxylation is 2. The zero-order chi connectivity index (χ0) is 17.7. The van der Waals surface area contributed by atoms with Crippen molar-refractivity contribution in [3.8, 4) is 0 Å². The molecular weight excluding hydrogens is 328 g/mol. The lowest BCUT2D eigenvalue weighted by molar-refractivity contribution is -0.134. The first-order valence-electron chi connectivity index (χ1n) is 8.07. The van der Waals surface area contributed by atoms with E-state index in [1.54, 1.807) is 4.90 Å². The van der Waals surface area contributed by atoms with Crippen LogP contribution >= 0.6 is 0 Å². The molecule has 0 aromatic heterocycles. The van der Waals surface area contributed by atoms with Crippen LogP contribution in [0.3, 0.4) is 0 Å². The molecule has 1 aromatic rings. The molecule has 1 unspecified atom stereocenters. The van der Waals surface area contributed by atoms with E-state index < -0.39 is 15.9 Å². The number of carbonyl (C=O) groups is 2. The third kappa shape index (κ3) is 4.80. The molecule has 1 aromatic carbocycles. The summed E-state index contributed by atoms with van der Waals surface area (Å²) in [6.07, 6.45) is 0.947. The Bertz CT molecular complexity index is 715. The third-order valence-corrected chi connectivity index (χ3v) is 6.12. The predicted molar refractivity (Wildman–Crippen MR) is 92.3 cm³/mol. The molecule has 1 aliphatic rings. The van der Waals surface area contributed by atoms with Crippen molar-refractivity contribution in [2.45, 2.75) is 32.2 Å². The summed E-state index contributed by atoms with van der Waals surface area (Å²) in [7, 11) is -1.70. The molecule has 1 aliphatic heterocycles. The van der Waals surface area contributed by atoms with E-state index in [9.17, 15) is 18.0 Å². The highest BCUT2D eigenvalue weighted by Gasteiger charge is 2.34. The fourth-order valence-corrected chi connectivity index (χ4v) is 4.50. The van der Waals surface area contributed by atoms with Crippen LogP contribution in [0.2, 0.25) is 0 Å². The van der Waals surface area contributed by atoms with E-state index in [0.717, 1.165) is 11.1 Å². The molecule has 132 valence electrons. The van der Waals surface area contributed by atoms with Crippen molar-refractivity contribution < 1.29 is 18.0 Å². The van der Waals surface area contributed by atoms with Crippen molar-refractivity contribution in [3.05, 3.63) is 35.4 Å². The normalized spacial score (nSPS) is 19.8. The third-order valence-electron chi connectivity index (χ3n) is 4.42. The van der Waals surface area contributed by atoms with Crippen molar-refractivity contribution in [1.29, 1.82) is 0 Å². The Morgan fingerprint density at radius 1 is 1.29 bits per heavy atom. The lowest BCUT2D eigenvalue weighted by Crippen LogP contribution is -2.52. The Morgan fingerprint density at radius 2 is 2.00 bits per heavy atom. The summed E-state index contributed by atoms with van der Waals surface area (Å²) >= 11 is 0. The molecule has 0 aliphatic carbocycles. The maximum absolute atomic E-state index is 12.6. The van der Waals surface area contributed by atoms with Crippen molar-refractivity contribution in [2.24, 2.45) is 0 Å². The van der Waals surface area contributed by atoms with Crippen molar-refractivity contribution >= 4 is 21.7 Å². The molecule has 0 spiro atoms. The summed E-state index contributed by atoms with van der Waals surface area (Å²) in [6, 6.07) is 7.31. The van der Waals surface area contributed by atoms with Gasteiger partial charge in [-0.3, -0.25) is 9.59 Å². The first kappa shape index (κ1) is 18.4. The maximum Gasteiger partial charge on any atom is 0.223 e. The average molecular weight is 352 g/mol. The van der Waals surface area contributed by atoms with Crippen LogP contribution in [0.15, 0.2) is 24.3 Å². The molecule has 2 rings (SSSR count). The number of rotatable bonds is 5. The second-order valence-corrected chi connectivity index (χ2v) is 8.39. The molecule has 0 saturated carbocycles. The first-order valence-corrected chi connectivity index (χ1v) is 9.89. The van der Waals surface area contributed by atoms with Gasteiger partial charge in [-0.2, -0.15) is 0 Å². The number of hydrogen-bond donors (Lipinski definition) is 1. The molecule has 1 heterocycles. The lowest BCUT2D eigenvalue weighted by atomic mass is 10.0. The minimum absolute atomic E-state index is 0.0197. The number of hydrogen-bond acceptors (Lipinski definition) is 4. The second kappa shape index (κ2) is 7.79. The smallest absolute Gasteiger partial charge is 0.223 e. The van der Waals surface area contributed by atoms with Crippen LogP contribution in [-0.4, -0.2) is 56.3 Å². The van der Waals surface area contributed by atoms with Gasteiger partial charge in [0.15, 0.2) is 9.84 Å². The van der Waals surface area contributed by atoms with Gasteiger partial charge in [0.25, 0.3) is 0 Å². The Balaban J connectivity index is 2.05. The van der Waals surface area contributed by atoms with Crippen LogP contribution in [0.1, 0.15) is 24.0 Å². The van der Waals surface area contributed by atoms with E-state index in [1.807, 2.05) is 31.2 Å². The standard InChI is InChI=1S/C17H24N2O4S/c1-13-5-3-4-6-14(13)7-8-17(21)19-9-10-24(22,23)12-15(19)11-16(20)18-2/h3-6,15H,7-12H2,1-2H3,(H,18,20). The van der Waals surface area contributed by atoms with Gasteiger partial charge in [-0.05, 0) is 24.5 Å². The zero-order valence-electron chi connectivity index (χ0n) is 14.1. The van der Waals surface area contributed by atoms with Gasteiger partial charge in [-0.15, -0.1) is 0 Å². The highest BCUT2D eigenvalue weighted by atomic mass is 32.2. The summed E-state index contributed by atoms with van der Waals surface area (Å²) in [5.41, 5.74) is 2.24. The number of amides is 2. The quantitative estimate of drug-likeness (QED) is 0.845. The summed E-state index contributed by atoms with van der Waals surface area (Å²) in [4.78, 5) is 25.8. The summed E-state index contributed by atoms with van der Waals surface area (Å²) in [6.45, 7) is 2.16. The molecule has 24 heavy (non-hydrogen) atoms. The Labute approximate surface area is 143 Å². The summed E-state index contributed by atoms with van der Waals surface area (Å²) in [5, 5.41) is 2.49. The van der Waals surface area contributed by atoms with Gasteiger partial charge in [0, 0.05) is 26.4 Å². The molecule has 6 nitrogen and oxygen atoms in total. The SMILES string of the molecule is CNC(=O)CC1CS(=O)(=O)CCN1C(=O)CCc1ccccc1C. The maximum atomic E-state index is 12.6. The second-order valence-electron chi connectivity index (χ2n) is 6.16. The number of nitrogens with zero attached hydrogens (tertiary/aromatic N) is 1. The minimum Gasteiger partial charge on any atom is -0.359 e. The van der Waals surface area contributed by atoms with Crippen molar-refractivity contribution in [1.82, 2.24) is 10.2 Å². The summed E-state index contributed by atoms with van der Waals surface area (Å²) in [5.74, 6) is -0.528. The lowest BCUT2D eigenvalue weighted by Gasteiger charge is -2.35. The molecule has 1 atom stereocenters. The van der Waals surface area contributed by atoms with Crippen LogP contribution in [-0.2, 0) is 25.8 Å². The fourth-order valence-electron chi connectivity index (χ4n) is 2.98. The van der Waals surface area contributed by atoms with Crippen molar-refractivity contribution in [3.63, 3.8) is 0 Å². The van der Waals surface area contributed by atoms with Crippen molar-refractivity contribution in [2.75, 3.05) is 25.1 Å². The van der Waals surface area contributed by atoms with Gasteiger partial charge in [0.1, 0.15) is 0 Å². The number of sulfone groups is 1. The number of carbonyl (C=O) groups excluding carboxylic acids is 2. The Hall–Kier alpha value is -1.89. The van der Waals surface area contributed by atoms with E-state index in [-0.39, 0.29) is 36.3 Å². The Kier molecular flexibility index (Phi) is 5.99. The molecule has 2 amide bonds. The van der Waals surface area contributed by atoms with Crippen LogP contribution in [0.4, 0.5) is 0 Å². The van der Waals surface area contributed by atoms with Gasteiger partial charge in [-0.25, -0.2) is 8.42 Å². The molecule has 1 N–H and O–H groups in total. The van der Waals surface area contributed by atoms with Gasteiger partial charge in [0.2, 0.25) is 11.8 Å². The minimum atomic E-state index is -3.20. The fraction of sp³-hybridized carbons (Fsp3) is 0.529. The zero-order valence-corrected chi connectivity index (χ0v) is 14.9. The van der Waals surface area contributed by atoms with E-state index in [2.05, 4.69) is 5.32 Å². The van der Waals surface area contributed by atoms with E-state index >= 15 is 0 Å². The van der Waals surface area contributed by atoms with E-state index in [0.29, 0.717) is 12.8 Å². The number of nitrogens with one attached hydrogen (secondary N) is 1. The van der Waals surface area contributed by atoms with Gasteiger partial charge < -0.3 is 10.2 Å². The summed E-state index contributed by atoms with van der Waals surface area (Å²) < 4.78 is 23.7. The first-order chi connectivity index (χ1) is 11.3. The molecule has 1 saturated heterocycles. The predicted octanol–water partition coefficient (Wildman–Crippen LogP) is 0.689. The largest absolute Gasteiger partial charge is 0.359 e. The highest BCUT2D eigenvalue weighted by molar-refractivity contribution is 7.91. The molecule has 0 radical (unpaired) electrons. The molecule has 0 bridgehead atoms. The van der Waals surface area contributed by atoms with E-state index in [1.165, 1.54) is 7.05 Å². The average Bonchev–Trinajstić information content (AvgIpc) is 2.53. The highest BCUT2D eigenvalue weighted by Crippen LogP contribution is 2.18. The number of benzene rings is 1.